The van der Waals surface area contributed by atoms with Crippen molar-refractivity contribution in [3.63, 3.8) is 0 Å². The predicted octanol–water partition coefficient (Wildman–Crippen LogP) is 7.05. The second kappa shape index (κ2) is 7.56. The van der Waals surface area contributed by atoms with Crippen molar-refractivity contribution in [3.05, 3.63) is 11.6 Å². The van der Waals surface area contributed by atoms with Gasteiger partial charge in [-0.05, 0) is 96.0 Å². The van der Waals surface area contributed by atoms with Crippen LogP contribution in [0, 0.1) is 67.5 Å². The Morgan fingerprint density at radius 1 is 0.944 bits per heavy atom. The fourth-order valence-electron chi connectivity index (χ4n) is 10.7. The molecular weight excluding hydrogens is 470 g/mol. The first-order valence-corrected chi connectivity index (χ1v) is 14.3. The number of nitriles is 1. The number of ketones is 2. The summed E-state index contributed by atoms with van der Waals surface area (Å²) in [5, 5.41) is 9.62. The molecule has 0 aliphatic heterocycles. The third-order valence-electron chi connectivity index (χ3n) is 12.9. The van der Waals surface area contributed by atoms with Gasteiger partial charge in [-0.2, -0.15) is 5.26 Å². The van der Waals surface area contributed by atoms with Gasteiger partial charge in [0.2, 0.25) is 5.24 Å². The summed E-state index contributed by atoms with van der Waals surface area (Å²) in [4.78, 5) is 40.5. The number of allylic oxidation sites excluding steroid dienone is 2. The summed E-state index contributed by atoms with van der Waals surface area (Å²) >= 11 is 6.38. The number of nitrogens with zero attached hydrogens (tertiary/aromatic N) is 1. The molecule has 2 unspecified atom stereocenters. The van der Waals surface area contributed by atoms with Crippen LogP contribution in [0.25, 0.3) is 0 Å². The maximum atomic E-state index is 14.3. The van der Waals surface area contributed by atoms with Gasteiger partial charge < -0.3 is 0 Å². The quantitative estimate of drug-likeness (QED) is 0.353. The number of Topliss-reactive ketones (excluding diaryl/α,β-unsaturated/α-hetero) is 2. The summed E-state index contributed by atoms with van der Waals surface area (Å²) < 4.78 is 0. The molecule has 0 radical (unpaired) electrons. The SMILES string of the molecule is CC1(C)CC[C@]2(C(=O)Cl)CC[C@]3(C)C(C(=O)C[C@@H]4[C@@]5(C)C=C(C#N)C(=O)C(C)(C)[C@@H]5CC[C@]43C)C2C1. The normalized spacial score (nSPS) is 48.9. The number of carbonyl (C=O) groups excluding carboxylic acids is 3. The Morgan fingerprint density at radius 2 is 1.58 bits per heavy atom. The van der Waals surface area contributed by atoms with Crippen LogP contribution >= 0.6 is 11.6 Å². The summed E-state index contributed by atoms with van der Waals surface area (Å²) in [6, 6.07) is 2.19. The van der Waals surface area contributed by atoms with Crippen LogP contribution in [0.15, 0.2) is 11.6 Å². The minimum Gasteiger partial charge on any atom is -0.299 e. The third kappa shape index (κ3) is 3.02. The van der Waals surface area contributed by atoms with E-state index in [-0.39, 0.29) is 62.3 Å². The van der Waals surface area contributed by atoms with E-state index in [1.807, 2.05) is 19.9 Å². The minimum absolute atomic E-state index is 0.0182. The van der Waals surface area contributed by atoms with Crippen molar-refractivity contribution in [2.45, 2.75) is 99.8 Å². The van der Waals surface area contributed by atoms with Crippen molar-refractivity contribution in [3.8, 4) is 6.07 Å². The first kappa shape index (κ1) is 26.1. The van der Waals surface area contributed by atoms with Gasteiger partial charge in [-0.3, -0.25) is 14.4 Å². The van der Waals surface area contributed by atoms with E-state index in [1.54, 1.807) is 0 Å². The first-order valence-electron chi connectivity index (χ1n) is 13.9. The van der Waals surface area contributed by atoms with Gasteiger partial charge in [-0.15, -0.1) is 0 Å². The Kier molecular flexibility index (Phi) is 5.49. The van der Waals surface area contributed by atoms with Crippen molar-refractivity contribution in [1.29, 1.82) is 5.26 Å². The zero-order valence-corrected chi connectivity index (χ0v) is 23.8. The molecule has 4 fully saturated rings. The van der Waals surface area contributed by atoms with Gasteiger partial charge in [0.05, 0.1) is 5.57 Å². The highest BCUT2D eigenvalue weighted by molar-refractivity contribution is 6.64. The third-order valence-corrected chi connectivity index (χ3v) is 13.2. The molecular formula is C31H42ClNO3. The molecule has 196 valence electrons. The highest BCUT2D eigenvalue weighted by atomic mass is 35.5. The molecule has 36 heavy (non-hydrogen) atoms. The Balaban J connectivity index is 1.65. The van der Waals surface area contributed by atoms with Crippen molar-refractivity contribution < 1.29 is 14.4 Å². The lowest BCUT2D eigenvalue weighted by molar-refractivity contribution is -0.220. The van der Waals surface area contributed by atoms with E-state index in [1.165, 1.54) is 0 Å². The minimum atomic E-state index is -0.628. The molecule has 5 aliphatic carbocycles. The van der Waals surface area contributed by atoms with Gasteiger partial charge in [0.1, 0.15) is 11.9 Å². The van der Waals surface area contributed by atoms with Crippen molar-refractivity contribution in [2.24, 2.45) is 56.2 Å². The maximum Gasteiger partial charge on any atom is 0.228 e. The fourth-order valence-corrected chi connectivity index (χ4v) is 11.0. The van der Waals surface area contributed by atoms with Gasteiger partial charge in [-0.1, -0.05) is 54.5 Å². The largest absolute Gasteiger partial charge is 0.299 e. The lowest BCUT2D eigenvalue weighted by Crippen LogP contribution is -2.69. The summed E-state index contributed by atoms with van der Waals surface area (Å²) in [7, 11) is 0. The lowest BCUT2D eigenvalue weighted by atomic mass is 9.31. The number of fused-ring (bicyclic) bond motifs is 7. The Bertz CT molecular complexity index is 1130. The second-order valence-corrected chi connectivity index (χ2v) is 15.5. The molecule has 5 aliphatic rings. The van der Waals surface area contributed by atoms with Gasteiger partial charge in [0.15, 0.2) is 5.78 Å². The molecule has 5 rings (SSSR count). The number of carbonyl (C=O) groups is 3. The van der Waals surface area contributed by atoms with Crippen LogP contribution in [0.3, 0.4) is 0 Å². The molecule has 0 aromatic rings. The van der Waals surface area contributed by atoms with Crippen LogP contribution in [-0.4, -0.2) is 16.8 Å². The van der Waals surface area contributed by atoms with Crippen LogP contribution in [-0.2, 0) is 14.4 Å². The van der Waals surface area contributed by atoms with Crippen LogP contribution < -0.4 is 0 Å². The van der Waals surface area contributed by atoms with E-state index in [2.05, 4.69) is 40.7 Å². The molecule has 0 aromatic heterocycles. The van der Waals surface area contributed by atoms with Gasteiger partial charge in [0.25, 0.3) is 0 Å². The fraction of sp³-hybridized carbons (Fsp3) is 0.806. The van der Waals surface area contributed by atoms with E-state index < -0.39 is 16.2 Å². The standard InChI is InChI=1S/C31H42ClNO3/c1-26(2)10-12-31(25(32)36)13-11-30(7)23(19(31)16-26)20(34)14-22-28(5)15-18(17-33)24(35)27(3,4)21(28)8-9-29(22,30)6/h15,19,21-23H,8-14,16H2,1-7H3/t19?,21-,22+,23?,28-,29+,30+,31-/m0/s1. The number of halogens is 1. The number of hydrogen-bond acceptors (Lipinski definition) is 4. The predicted molar refractivity (Wildman–Crippen MR) is 140 cm³/mol. The average molecular weight is 512 g/mol. The zero-order chi connectivity index (χ0) is 26.7. The van der Waals surface area contributed by atoms with Crippen LogP contribution in [0.1, 0.15) is 99.8 Å². The average Bonchev–Trinajstić information content (AvgIpc) is 2.77. The number of rotatable bonds is 1. The molecule has 4 nitrogen and oxygen atoms in total. The Hall–Kier alpha value is -1.47. The van der Waals surface area contributed by atoms with Gasteiger partial charge in [-0.25, -0.2) is 0 Å². The molecule has 0 N–H and O–H groups in total. The van der Waals surface area contributed by atoms with Crippen molar-refractivity contribution >= 4 is 28.4 Å². The summed E-state index contributed by atoms with van der Waals surface area (Å²) in [5.74, 6) is 0.177. The Morgan fingerprint density at radius 3 is 2.19 bits per heavy atom. The van der Waals surface area contributed by atoms with E-state index >= 15 is 0 Å². The summed E-state index contributed by atoms with van der Waals surface area (Å²) in [5.41, 5.74) is -1.66. The monoisotopic (exact) mass is 511 g/mol. The molecule has 0 spiro atoms. The second-order valence-electron chi connectivity index (χ2n) is 15.1. The molecule has 5 heteroatoms. The van der Waals surface area contributed by atoms with Crippen LogP contribution in [0.5, 0.6) is 0 Å². The van der Waals surface area contributed by atoms with Crippen LogP contribution in [0.4, 0.5) is 0 Å². The molecule has 0 aromatic carbocycles. The van der Waals surface area contributed by atoms with Gasteiger partial charge >= 0.3 is 0 Å². The molecule has 0 amide bonds. The van der Waals surface area contributed by atoms with Crippen molar-refractivity contribution in [1.82, 2.24) is 0 Å². The van der Waals surface area contributed by atoms with E-state index in [0.29, 0.717) is 6.42 Å². The summed E-state index contributed by atoms with van der Waals surface area (Å²) in [6.45, 7) is 15.4. The topological polar surface area (TPSA) is 75.0 Å². The zero-order valence-electron chi connectivity index (χ0n) is 23.1. The highest BCUT2D eigenvalue weighted by Crippen LogP contribution is 2.76. The molecule has 4 saturated carbocycles. The molecule has 0 heterocycles. The Labute approximate surface area is 221 Å². The highest BCUT2D eigenvalue weighted by Gasteiger charge is 2.72. The number of hydrogen-bond donors (Lipinski definition) is 0. The lowest BCUT2D eigenvalue weighted by Gasteiger charge is -2.71. The van der Waals surface area contributed by atoms with Crippen LogP contribution in [0.2, 0.25) is 0 Å². The summed E-state index contributed by atoms with van der Waals surface area (Å²) in [6.07, 6.45) is 8.44. The smallest absolute Gasteiger partial charge is 0.228 e. The van der Waals surface area contributed by atoms with E-state index in [0.717, 1.165) is 44.9 Å². The van der Waals surface area contributed by atoms with E-state index in [9.17, 15) is 19.6 Å². The van der Waals surface area contributed by atoms with Gasteiger partial charge in [0, 0.05) is 23.2 Å². The maximum absolute atomic E-state index is 14.3. The molecule has 0 bridgehead atoms. The first-order chi connectivity index (χ1) is 16.5. The molecule has 8 atom stereocenters. The molecule has 0 saturated heterocycles. The van der Waals surface area contributed by atoms with Crippen molar-refractivity contribution in [2.75, 3.05) is 0 Å². The van der Waals surface area contributed by atoms with E-state index in [4.69, 9.17) is 11.6 Å².